The van der Waals surface area contributed by atoms with Gasteiger partial charge in [-0.1, -0.05) is 93.1 Å². The van der Waals surface area contributed by atoms with Gasteiger partial charge in [-0.2, -0.15) is 8.42 Å². The number of hydrogen-bond donors (Lipinski definition) is 0. The van der Waals surface area contributed by atoms with Gasteiger partial charge in [0.2, 0.25) is 0 Å². The summed E-state index contributed by atoms with van der Waals surface area (Å²) < 4.78 is 46.6. The van der Waals surface area contributed by atoms with Gasteiger partial charge in [0.05, 0.1) is 19.0 Å². The summed E-state index contributed by atoms with van der Waals surface area (Å²) in [5.41, 5.74) is 0. The standard InChI is InChI=1S/C34H38O5S2/c1-3-5-18-29(37-4-2)19-17-28-38-33-26-15-16-27-34(33)41(35,36)39-40(30-20-9-6-10-21-30,31-22-11-7-12-23-31)32-24-13-8-14-25-32/h4,6-16,20-27,29H,2-3,5,17-19,28H2,1H3. The van der Waals surface area contributed by atoms with Crippen molar-refractivity contribution in [3.05, 3.63) is 128 Å². The van der Waals surface area contributed by atoms with Gasteiger partial charge in [-0.25, -0.2) is 3.63 Å². The van der Waals surface area contributed by atoms with Crippen molar-refractivity contribution in [3.8, 4) is 5.75 Å². The highest BCUT2D eigenvalue weighted by atomic mass is 32.3. The zero-order chi connectivity index (χ0) is 29.0. The second-order valence-corrected chi connectivity index (χ2v) is 13.9. The molecule has 0 aliphatic rings. The van der Waals surface area contributed by atoms with Crippen LogP contribution in [0.3, 0.4) is 0 Å². The molecule has 7 heteroatoms. The van der Waals surface area contributed by atoms with Crippen LogP contribution >= 0.6 is 10.3 Å². The van der Waals surface area contributed by atoms with Gasteiger partial charge in [0, 0.05) is 14.7 Å². The van der Waals surface area contributed by atoms with E-state index in [4.69, 9.17) is 13.1 Å². The maximum Gasteiger partial charge on any atom is 0.310 e. The molecular formula is C34H38O5S2. The predicted molar refractivity (Wildman–Crippen MR) is 166 cm³/mol. The Morgan fingerprint density at radius 3 is 1.71 bits per heavy atom. The molecule has 0 N–H and O–H groups in total. The third-order valence-corrected chi connectivity index (χ3v) is 11.8. The molecule has 216 valence electrons. The van der Waals surface area contributed by atoms with E-state index in [1.54, 1.807) is 24.3 Å². The van der Waals surface area contributed by atoms with Crippen LogP contribution in [0.4, 0.5) is 0 Å². The fourth-order valence-corrected chi connectivity index (χ4v) is 10.0. The molecule has 0 aromatic heterocycles. The van der Waals surface area contributed by atoms with Gasteiger partial charge in [-0.15, -0.1) is 0 Å². The molecule has 0 saturated carbocycles. The molecule has 0 radical (unpaired) electrons. The Bertz CT molecular complexity index is 1360. The smallest absolute Gasteiger partial charge is 0.310 e. The van der Waals surface area contributed by atoms with Crippen molar-refractivity contribution in [2.75, 3.05) is 6.61 Å². The van der Waals surface area contributed by atoms with Crippen molar-refractivity contribution in [1.29, 1.82) is 0 Å². The minimum atomic E-state index is -4.29. The van der Waals surface area contributed by atoms with Crippen LogP contribution in [0, 0.1) is 0 Å². The van der Waals surface area contributed by atoms with E-state index in [1.165, 1.54) is 6.26 Å². The molecule has 0 heterocycles. The Kier molecular flexibility index (Phi) is 11.1. The molecule has 4 aromatic rings. The van der Waals surface area contributed by atoms with Gasteiger partial charge >= 0.3 is 10.1 Å². The lowest BCUT2D eigenvalue weighted by atomic mass is 10.1. The number of unbranched alkanes of at least 4 members (excludes halogenated alkanes) is 1. The zero-order valence-electron chi connectivity index (χ0n) is 23.4. The van der Waals surface area contributed by atoms with Crippen molar-refractivity contribution in [2.24, 2.45) is 0 Å². The van der Waals surface area contributed by atoms with Gasteiger partial charge in [-0.3, -0.25) is 0 Å². The van der Waals surface area contributed by atoms with E-state index in [2.05, 4.69) is 13.5 Å². The Morgan fingerprint density at radius 2 is 1.20 bits per heavy atom. The molecular weight excluding hydrogens is 553 g/mol. The van der Waals surface area contributed by atoms with E-state index in [1.807, 2.05) is 91.0 Å². The zero-order valence-corrected chi connectivity index (χ0v) is 25.1. The first kappa shape index (κ1) is 30.4. The molecule has 5 nitrogen and oxygen atoms in total. The number of ether oxygens (including phenoxy) is 2. The molecule has 4 aromatic carbocycles. The van der Waals surface area contributed by atoms with Crippen LogP contribution in [-0.4, -0.2) is 21.1 Å². The van der Waals surface area contributed by atoms with E-state index in [-0.39, 0.29) is 16.7 Å². The van der Waals surface area contributed by atoms with Crippen LogP contribution in [-0.2, 0) is 18.5 Å². The average molecular weight is 591 g/mol. The molecule has 0 amide bonds. The second-order valence-electron chi connectivity index (χ2n) is 9.52. The lowest BCUT2D eigenvalue weighted by molar-refractivity contribution is 0.117. The Balaban J connectivity index is 1.67. The summed E-state index contributed by atoms with van der Waals surface area (Å²) >= 11 is 0. The van der Waals surface area contributed by atoms with Crippen molar-refractivity contribution < 1.29 is 21.5 Å². The highest BCUT2D eigenvalue weighted by Gasteiger charge is 2.39. The van der Waals surface area contributed by atoms with Gasteiger partial charge in [0.15, 0.2) is 0 Å². The molecule has 0 aliphatic carbocycles. The molecule has 1 unspecified atom stereocenters. The van der Waals surface area contributed by atoms with Gasteiger partial charge < -0.3 is 9.47 Å². The fraction of sp³-hybridized carbons (Fsp3) is 0.235. The molecule has 0 saturated heterocycles. The molecule has 1 atom stereocenters. The normalized spacial score (nSPS) is 12.8. The minimum absolute atomic E-state index is 0.00421. The number of hydrogen-bond acceptors (Lipinski definition) is 5. The summed E-state index contributed by atoms with van der Waals surface area (Å²) in [6.07, 6.45) is 6.19. The quantitative estimate of drug-likeness (QED) is 0.0962. The van der Waals surface area contributed by atoms with Crippen molar-refractivity contribution >= 4 is 20.4 Å². The summed E-state index contributed by atoms with van der Waals surface area (Å²) in [6.45, 7) is 6.19. The number of benzene rings is 4. The predicted octanol–water partition coefficient (Wildman–Crippen LogP) is 9.17. The van der Waals surface area contributed by atoms with E-state index < -0.39 is 20.4 Å². The summed E-state index contributed by atoms with van der Waals surface area (Å²) in [4.78, 5) is 2.34. The average Bonchev–Trinajstić information content (AvgIpc) is 3.02. The van der Waals surface area contributed by atoms with E-state index in [0.717, 1.165) is 40.4 Å². The third kappa shape index (κ3) is 7.61. The lowest BCUT2D eigenvalue weighted by Crippen LogP contribution is -2.16. The summed E-state index contributed by atoms with van der Waals surface area (Å²) in [7, 11) is -6.97. The first-order chi connectivity index (χ1) is 20.0. The number of rotatable bonds is 16. The largest absolute Gasteiger partial charge is 0.499 e. The summed E-state index contributed by atoms with van der Waals surface area (Å²) in [5, 5.41) is 0. The van der Waals surface area contributed by atoms with Gasteiger partial charge in [-0.05, 0) is 78.1 Å². The first-order valence-electron chi connectivity index (χ1n) is 13.9. The third-order valence-electron chi connectivity index (χ3n) is 6.63. The van der Waals surface area contributed by atoms with Crippen molar-refractivity contribution in [3.63, 3.8) is 0 Å². The lowest BCUT2D eigenvalue weighted by Gasteiger charge is -2.39. The SMILES string of the molecule is C=COC(CCCC)CCCOc1ccccc1S(=O)(=O)OS(c1ccccc1)(c1ccccc1)c1ccccc1. The summed E-state index contributed by atoms with van der Waals surface area (Å²) in [6, 6.07) is 35.4. The fourth-order valence-electron chi connectivity index (χ4n) is 4.65. The number of para-hydroxylation sites is 1. The highest BCUT2D eigenvalue weighted by molar-refractivity contribution is 8.33. The van der Waals surface area contributed by atoms with Crippen LogP contribution in [0.5, 0.6) is 5.75 Å². The second kappa shape index (κ2) is 14.9. The van der Waals surface area contributed by atoms with Crippen LogP contribution < -0.4 is 4.74 Å². The highest BCUT2D eigenvalue weighted by Crippen LogP contribution is 2.70. The van der Waals surface area contributed by atoms with Gasteiger partial charge in [0.25, 0.3) is 0 Å². The molecule has 0 aliphatic heterocycles. The van der Waals surface area contributed by atoms with Crippen molar-refractivity contribution in [1.82, 2.24) is 0 Å². The van der Waals surface area contributed by atoms with E-state index in [9.17, 15) is 8.42 Å². The van der Waals surface area contributed by atoms with E-state index in [0.29, 0.717) is 13.0 Å². The molecule has 0 bridgehead atoms. The molecule has 0 spiro atoms. The van der Waals surface area contributed by atoms with Crippen LogP contribution in [0.1, 0.15) is 39.0 Å². The summed E-state index contributed by atoms with van der Waals surface area (Å²) in [5.74, 6) is 0.268. The van der Waals surface area contributed by atoms with Gasteiger partial charge in [0.1, 0.15) is 10.6 Å². The van der Waals surface area contributed by atoms with Crippen LogP contribution in [0.15, 0.2) is 148 Å². The monoisotopic (exact) mass is 590 g/mol. The Labute approximate surface area is 246 Å². The Hall–Kier alpha value is -3.52. The molecule has 0 fully saturated rings. The maximum atomic E-state index is 14.2. The molecule has 4 rings (SSSR count). The van der Waals surface area contributed by atoms with Crippen LogP contribution in [0.25, 0.3) is 0 Å². The first-order valence-corrected chi connectivity index (χ1v) is 16.9. The van der Waals surface area contributed by atoms with Crippen molar-refractivity contribution in [2.45, 2.75) is 64.7 Å². The topological polar surface area (TPSA) is 61.8 Å². The van der Waals surface area contributed by atoms with Crippen LogP contribution in [0.2, 0.25) is 0 Å². The van der Waals surface area contributed by atoms with E-state index >= 15 is 0 Å². The molecule has 41 heavy (non-hydrogen) atoms. The Morgan fingerprint density at radius 1 is 0.707 bits per heavy atom. The minimum Gasteiger partial charge on any atom is -0.499 e. The maximum absolute atomic E-state index is 14.2.